The van der Waals surface area contributed by atoms with Gasteiger partial charge in [0.2, 0.25) is 0 Å². The Morgan fingerprint density at radius 2 is 2.29 bits per heavy atom. The van der Waals surface area contributed by atoms with Crippen molar-refractivity contribution in [1.82, 2.24) is 15.2 Å². The normalized spacial score (nSPS) is 10.9. The van der Waals surface area contributed by atoms with E-state index in [1.54, 1.807) is 6.92 Å². The Kier molecular flexibility index (Phi) is 2.64. The summed E-state index contributed by atoms with van der Waals surface area (Å²) in [5.74, 6) is 0.252. The first kappa shape index (κ1) is 11.3. The van der Waals surface area contributed by atoms with Crippen LogP contribution in [0.3, 0.4) is 0 Å². The zero-order valence-corrected chi connectivity index (χ0v) is 9.35. The number of rotatable bonds is 3. The van der Waals surface area contributed by atoms with Crippen molar-refractivity contribution in [2.45, 2.75) is 13.5 Å². The van der Waals surface area contributed by atoms with E-state index >= 15 is 0 Å². The monoisotopic (exact) mass is 237 g/mol. The van der Waals surface area contributed by atoms with Crippen LogP contribution >= 0.6 is 0 Å². The molecule has 0 atom stereocenters. The minimum atomic E-state index is -0.484. The lowest BCUT2D eigenvalue weighted by Gasteiger charge is -2.05. The molecular formula is C9H11N5O3. The Balaban J connectivity index is 2.86. The largest absolute Gasteiger partial charge is 0.383 e. The summed E-state index contributed by atoms with van der Waals surface area (Å²) in [5, 5.41) is 17.9. The number of pyridine rings is 1. The van der Waals surface area contributed by atoms with E-state index in [-0.39, 0.29) is 18.1 Å². The minimum Gasteiger partial charge on any atom is -0.383 e. The fraction of sp³-hybridized carbons (Fsp3) is 0.333. The molecule has 0 fully saturated rings. The third kappa shape index (κ3) is 1.68. The van der Waals surface area contributed by atoms with E-state index in [1.807, 2.05) is 0 Å². The van der Waals surface area contributed by atoms with E-state index in [9.17, 15) is 10.1 Å². The average Bonchev–Trinajstić information content (AvgIpc) is 2.59. The number of nitrogens with zero attached hydrogens (tertiary/aromatic N) is 3. The first-order chi connectivity index (χ1) is 8.06. The highest BCUT2D eigenvalue weighted by Crippen LogP contribution is 2.31. The van der Waals surface area contributed by atoms with Crippen LogP contribution in [0.2, 0.25) is 0 Å². The second-order valence-electron chi connectivity index (χ2n) is 3.55. The van der Waals surface area contributed by atoms with Gasteiger partial charge in [0.05, 0.1) is 22.5 Å². The Hall–Kier alpha value is -2.22. The maximum Gasteiger partial charge on any atom is 0.296 e. The molecule has 17 heavy (non-hydrogen) atoms. The summed E-state index contributed by atoms with van der Waals surface area (Å²) in [6.45, 7) is 1.64. The van der Waals surface area contributed by atoms with Gasteiger partial charge in [0.1, 0.15) is 11.5 Å². The Morgan fingerprint density at radius 3 is 2.88 bits per heavy atom. The third-order valence-corrected chi connectivity index (χ3v) is 2.45. The number of nitrogens with two attached hydrogens (primary N) is 1. The summed E-state index contributed by atoms with van der Waals surface area (Å²) < 4.78 is 4.98. The van der Waals surface area contributed by atoms with Crippen LogP contribution in [0.5, 0.6) is 0 Å². The SMILES string of the molecule is COCc1c([N+](=O)[O-])c(C)nc2n[nH]c(N)c12. The van der Waals surface area contributed by atoms with Gasteiger partial charge in [0, 0.05) is 7.11 Å². The van der Waals surface area contributed by atoms with Crippen molar-refractivity contribution in [3.63, 3.8) is 0 Å². The van der Waals surface area contributed by atoms with Gasteiger partial charge >= 0.3 is 0 Å². The second-order valence-corrected chi connectivity index (χ2v) is 3.55. The highest BCUT2D eigenvalue weighted by atomic mass is 16.6. The standard InChI is InChI=1S/C9H11N5O3/c1-4-7(14(15)16)5(3-17-2)6-8(10)12-13-9(6)11-4/h3H2,1-2H3,(H3,10,11,12,13). The van der Waals surface area contributed by atoms with Gasteiger partial charge in [-0.2, -0.15) is 5.10 Å². The van der Waals surface area contributed by atoms with Gasteiger partial charge in [-0.05, 0) is 6.92 Å². The number of nitro groups is 1. The summed E-state index contributed by atoms with van der Waals surface area (Å²) in [4.78, 5) is 14.6. The number of hydrogen-bond acceptors (Lipinski definition) is 6. The van der Waals surface area contributed by atoms with Crippen LogP contribution < -0.4 is 5.73 Å². The van der Waals surface area contributed by atoms with Gasteiger partial charge in [-0.25, -0.2) is 4.98 Å². The third-order valence-electron chi connectivity index (χ3n) is 2.45. The quantitative estimate of drug-likeness (QED) is 0.604. The zero-order chi connectivity index (χ0) is 12.6. The summed E-state index contributed by atoms with van der Waals surface area (Å²) in [7, 11) is 1.46. The van der Waals surface area contributed by atoms with Crippen LogP contribution in [0.1, 0.15) is 11.3 Å². The number of aryl methyl sites for hydroxylation is 1. The number of aromatic nitrogens is 3. The van der Waals surface area contributed by atoms with Gasteiger partial charge in [-0.3, -0.25) is 15.2 Å². The van der Waals surface area contributed by atoms with Gasteiger partial charge < -0.3 is 10.5 Å². The first-order valence-electron chi connectivity index (χ1n) is 4.82. The topological polar surface area (TPSA) is 120 Å². The molecule has 0 unspecified atom stereocenters. The van der Waals surface area contributed by atoms with Gasteiger partial charge in [0.15, 0.2) is 5.65 Å². The van der Waals surface area contributed by atoms with E-state index in [0.717, 1.165) is 0 Å². The van der Waals surface area contributed by atoms with Crippen molar-refractivity contribution < 1.29 is 9.66 Å². The van der Waals surface area contributed by atoms with Gasteiger partial charge in [-0.15, -0.1) is 0 Å². The second kappa shape index (κ2) is 3.98. The molecule has 8 heteroatoms. The molecule has 0 radical (unpaired) electrons. The number of methoxy groups -OCH3 is 1. The maximum absolute atomic E-state index is 11.0. The summed E-state index contributed by atoms with van der Waals surface area (Å²) in [5.41, 5.74) is 6.66. The first-order valence-corrected chi connectivity index (χ1v) is 4.82. The van der Waals surface area contributed by atoms with Crippen LogP contribution in [0, 0.1) is 17.0 Å². The summed E-state index contributed by atoms with van der Waals surface area (Å²) >= 11 is 0. The van der Waals surface area contributed by atoms with E-state index in [1.165, 1.54) is 7.11 Å². The molecule has 3 N–H and O–H groups in total. The van der Waals surface area contributed by atoms with Crippen LogP contribution in [0.15, 0.2) is 0 Å². The Labute approximate surface area is 95.9 Å². The lowest BCUT2D eigenvalue weighted by molar-refractivity contribution is -0.386. The van der Waals surface area contributed by atoms with E-state index in [0.29, 0.717) is 22.3 Å². The predicted octanol–water partition coefficient (Wildman–Crippen LogP) is 0.903. The Morgan fingerprint density at radius 1 is 1.59 bits per heavy atom. The lowest BCUT2D eigenvalue weighted by atomic mass is 10.1. The van der Waals surface area contributed by atoms with Gasteiger partial charge in [0.25, 0.3) is 5.69 Å². The van der Waals surface area contributed by atoms with Crippen molar-refractivity contribution >= 4 is 22.5 Å². The summed E-state index contributed by atoms with van der Waals surface area (Å²) in [6, 6.07) is 0. The van der Waals surface area contributed by atoms with Crippen molar-refractivity contribution in [2.24, 2.45) is 0 Å². The van der Waals surface area contributed by atoms with Crippen LogP contribution in [0.25, 0.3) is 11.0 Å². The molecule has 0 amide bonds. The van der Waals surface area contributed by atoms with Crippen molar-refractivity contribution in [3.8, 4) is 0 Å². The highest BCUT2D eigenvalue weighted by Gasteiger charge is 2.24. The lowest BCUT2D eigenvalue weighted by Crippen LogP contribution is -2.03. The van der Waals surface area contributed by atoms with Crippen molar-refractivity contribution in [2.75, 3.05) is 12.8 Å². The number of nitrogen functional groups attached to an aromatic ring is 1. The molecule has 0 saturated heterocycles. The molecule has 0 aromatic carbocycles. The number of fused-ring (bicyclic) bond motifs is 1. The molecule has 2 aromatic rings. The van der Waals surface area contributed by atoms with Crippen molar-refractivity contribution in [3.05, 3.63) is 21.4 Å². The molecule has 0 aliphatic rings. The van der Waals surface area contributed by atoms with Crippen LogP contribution in [0.4, 0.5) is 11.5 Å². The molecule has 0 aliphatic heterocycles. The zero-order valence-electron chi connectivity index (χ0n) is 9.35. The highest BCUT2D eigenvalue weighted by molar-refractivity contribution is 5.92. The van der Waals surface area contributed by atoms with E-state index in [4.69, 9.17) is 10.5 Å². The number of aromatic amines is 1. The number of hydrogen-bond donors (Lipinski definition) is 2. The fourth-order valence-corrected chi connectivity index (χ4v) is 1.80. The van der Waals surface area contributed by atoms with E-state index in [2.05, 4.69) is 15.2 Å². The average molecular weight is 237 g/mol. The molecule has 0 bridgehead atoms. The molecule has 90 valence electrons. The van der Waals surface area contributed by atoms with Crippen LogP contribution in [-0.2, 0) is 11.3 Å². The van der Waals surface area contributed by atoms with E-state index < -0.39 is 4.92 Å². The maximum atomic E-state index is 11.0. The molecule has 2 heterocycles. The number of H-pyrrole nitrogens is 1. The molecule has 2 rings (SSSR count). The number of anilines is 1. The smallest absolute Gasteiger partial charge is 0.296 e. The molecule has 2 aromatic heterocycles. The molecule has 0 saturated carbocycles. The molecule has 0 aliphatic carbocycles. The minimum absolute atomic E-state index is 0.0764. The molecular weight excluding hydrogens is 226 g/mol. The fourth-order valence-electron chi connectivity index (χ4n) is 1.80. The van der Waals surface area contributed by atoms with Gasteiger partial charge in [-0.1, -0.05) is 0 Å². The van der Waals surface area contributed by atoms with Crippen LogP contribution in [-0.4, -0.2) is 27.2 Å². The van der Waals surface area contributed by atoms with Crippen molar-refractivity contribution in [1.29, 1.82) is 0 Å². The number of ether oxygens (including phenoxy) is 1. The predicted molar refractivity (Wildman–Crippen MR) is 60.4 cm³/mol. The molecule has 0 spiro atoms. The summed E-state index contributed by atoms with van der Waals surface area (Å²) in [6.07, 6.45) is 0. The molecule has 8 nitrogen and oxygen atoms in total. The Bertz CT molecular complexity index is 592. The number of nitrogens with one attached hydrogen (secondary N) is 1.